The molecule has 0 amide bonds. The van der Waals surface area contributed by atoms with Crippen LogP contribution in [0.3, 0.4) is 0 Å². The molecule has 600 valence electrons. The van der Waals surface area contributed by atoms with Gasteiger partial charge in [0.15, 0.2) is 0 Å². The van der Waals surface area contributed by atoms with E-state index in [1.54, 1.807) is 12.7 Å². The van der Waals surface area contributed by atoms with Crippen molar-refractivity contribution < 1.29 is 0 Å². The number of fused-ring (bicyclic) bond motifs is 7. The van der Waals surface area contributed by atoms with E-state index < -0.39 is 0 Å². The summed E-state index contributed by atoms with van der Waals surface area (Å²) in [5.41, 5.74) is 28.8. The van der Waals surface area contributed by atoms with Crippen molar-refractivity contribution in [3.05, 3.63) is 504 Å². The second-order valence-corrected chi connectivity index (χ2v) is 31.8. The van der Waals surface area contributed by atoms with E-state index in [2.05, 4.69) is 477 Å². The highest BCUT2D eigenvalue weighted by molar-refractivity contribution is 6.86. The summed E-state index contributed by atoms with van der Waals surface area (Å²) in [7, 11) is 0. The van der Waals surface area contributed by atoms with Crippen molar-refractivity contribution >= 4 is 116 Å². The summed E-state index contributed by atoms with van der Waals surface area (Å²) in [5.74, 6) is 0. The van der Waals surface area contributed by atoms with Crippen LogP contribution in [0.25, 0.3) is 77.3 Å². The van der Waals surface area contributed by atoms with Gasteiger partial charge in [-0.3, -0.25) is 9.97 Å². The highest BCUT2D eigenvalue weighted by Crippen LogP contribution is 2.56. The number of hydrogen-bond donors (Lipinski definition) is 0. The Hall–Kier alpha value is -16.5. The first-order valence-electron chi connectivity index (χ1n) is 43.0. The summed E-state index contributed by atoms with van der Waals surface area (Å²) < 4.78 is 0. The minimum Gasteiger partial charge on any atom is -0.383 e. The first-order valence-corrected chi connectivity index (χ1v) is 43.0. The Balaban J connectivity index is 0.000000117. The minimum atomic E-state index is -0.0891. The van der Waals surface area contributed by atoms with Crippen molar-refractivity contribution in [2.75, 3.05) is 28.9 Å². The van der Waals surface area contributed by atoms with E-state index in [-0.39, 0.29) is 33.0 Å². The molecule has 127 heavy (non-hydrogen) atoms. The van der Waals surface area contributed by atoms with Gasteiger partial charge in [0.1, 0.15) is 12.7 Å². The predicted octanol–water partition coefficient (Wildman–Crippen LogP) is 24.6. The summed E-state index contributed by atoms with van der Waals surface area (Å²) in [6.07, 6.45) is 16.1. The molecule has 15 heteroatoms. The van der Waals surface area contributed by atoms with E-state index in [1.807, 2.05) is 61.6 Å². The third kappa shape index (κ3) is 15.4. The zero-order chi connectivity index (χ0) is 84.6. The maximum atomic E-state index is 4.61. The molecule has 0 aliphatic carbocycles. The number of aromatic nitrogens is 6. The summed E-state index contributed by atoms with van der Waals surface area (Å²) in [4.78, 5) is 40.9. The number of hydrogen-bond acceptors (Lipinski definition) is 12. The molecule has 1 fully saturated rings. The Morgan fingerprint density at radius 1 is 0.205 bits per heavy atom. The molecule has 20 aromatic rings. The molecular weight excluding hydrogens is 1550 g/mol. The van der Waals surface area contributed by atoms with E-state index in [0.717, 1.165) is 78.8 Å². The maximum Gasteiger partial charge on any atom is 0.420 e. The third-order valence-corrected chi connectivity index (χ3v) is 24.4. The fourth-order valence-corrected chi connectivity index (χ4v) is 18.7. The van der Waals surface area contributed by atoms with Crippen LogP contribution < -0.4 is 45.3 Å². The monoisotopic (exact) mass is 1630 g/mol. The predicted molar refractivity (Wildman–Crippen MR) is 528 cm³/mol. The van der Waals surface area contributed by atoms with Crippen molar-refractivity contribution in [1.29, 1.82) is 0 Å². The highest BCUT2D eigenvalue weighted by atomic mass is 15.3. The Bertz CT molecular complexity index is 6950. The average Bonchev–Trinajstić information content (AvgIpc) is 1.09. The molecule has 0 radical (unpaired) electrons. The van der Waals surface area contributed by atoms with Crippen LogP contribution in [0.15, 0.2) is 493 Å². The van der Waals surface area contributed by atoms with E-state index in [0.29, 0.717) is 0 Å². The number of anilines is 10. The van der Waals surface area contributed by atoms with Crippen LogP contribution in [-0.4, -0.2) is 50.9 Å². The van der Waals surface area contributed by atoms with Gasteiger partial charge < -0.3 is 28.9 Å². The minimum absolute atomic E-state index is 0.0162. The molecule has 4 aromatic heterocycles. The normalized spacial score (nSPS) is 13.8. The van der Waals surface area contributed by atoms with E-state index >= 15 is 0 Å². The van der Waals surface area contributed by atoms with Crippen LogP contribution in [0.4, 0.5) is 56.9 Å². The Kier molecular flexibility index (Phi) is 21.8. The first-order chi connectivity index (χ1) is 63.1. The van der Waals surface area contributed by atoms with Gasteiger partial charge in [0.25, 0.3) is 0 Å². The van der Waals surface area contributed by atoms with Crippen LogP contribution in [0.5, 0.6) is 0 Å². The Morgan fingerprint density at radius 3 is 0.984 bits per heavy atom. The van der Waals surface area contributed by atoms with E-state index in [9.17, 15) is 0 Å². The van der Waals surface area contributed by atoms with Crippen molar-refractivity contribution in [3.8, 4) is 55.8 Å². The maximum absolute atomic E-state index is 4.61. The Morgan fingerprint density at radius 2 is 0.535 bits per heavy atom. The van der Waals surface area contributed by atoms with Crippen LogP contribution in [-0.2, 0) is 0 Å². The van der Waals surface area contributed by atoms with Crippen LogP contribution in [0.2, 0.25) is 0 Å². The van der Waals surface area contributed by atoms with Gasteiger partial charge >= 0.3 is 20.9 Å². The van der Waals surface area contributed by atoms with Gasteiger partial charge in [-0.15, -0.1) is 0 Å². The third-order valence-electron chi connectivity index (χ3n) is 24.4. The molecule has 7 heterocycles. The van der Waals surface area contributed by atoms with E-state index in [1.165, 1.54) is 82.9 Å². The van der Waals surface area contributed by atoms with Gasteiger partial charge in [-0.05, 0) is 175 Å². The second kappa shape index (κ2) is 35.5. The lowest BCUT2D eigenvalue weighted by atomic mass is 9.64. The van der Waals surface area contributed by atoms with Crippen LogP contribution in [0, 0.1) is 0 Å². The van der Waals surface area contributed by atoms with Gasteiger partial charge in [-0.2, -0.15) is 0 Å². The fourth-order valence-electron chi connectivity index (χ4n) is 18.7. The topological polar surface area (TPSA) is 96.8 Å². The molecule has 1 saturated heterocycles. The molecule has 2 unspecified atom stereocenters. The molecular formula is C112H83B3N12. The molecule has 0 bridgehead atoms. The quantitative estimate of drug-likeness (QED) is 0.0681. The summed E-state index contributed by atoms with van der Waals surface area (Å²) in [6.45, 7) is -0.231. The standard InChI is InChI=1S/C42H33BN4.C36H25BN4.C34H25BN4/c1-4-13-34(14-5-1)41-42(35-15-6-2-7-16-35)47(39-27-23-33(24-28-39)40-20-10-11-30-45-40)43(37-18-8-3-9-19-37)46(41)38-25-21-32(22-26-38)36-17-12-29-44-31-36;1-3-11-28(12-4-1)37-40(29-13-5-2-6-14-29)35-33-17-9-7-15-31(33)32-16-8-10-18-34(32)36(35)41(37)30-21-19-26(20-22-30)27-23-38-25-39-24-27;1-4-10-26(11-5-1)28-18-21-33-34(22-28)39(31-14-8-3-9-15-31)35(30-12-6-2-7-13-30)38(33)32-19-16-27(17-20-32)29-23-36-25-37-24-29/h1-31,41-42H;1-25H;1-25H. The molecule has 3 aliphatic rings. The second-order valence-electron chi connectivity index (χ2n) is 31.8. The molecule has 23 rings (SSSR count). The molecule has 3 aliphatic heterocycles. The lowest BCUT2D eigenvalue weighted by Crippen LogP contribution is -2.54. The van der Waals surface area contributed by atoms with Crippen LogP contribution >= 0.6 is 0 Å². The first kappa shape index (κ1) is 77.8. The lowest BCUT2D eigenvalue weighted by Gasteiger charge is -2.32. The SMILES string of the molecule is c1ccc(B2N(c3ccc(-c4cccnc4)cc3)C(c3ccccc3)C(c3ccccc3)N2c2ccc(-c3ccccn3)cc2)cc1.c1ccc(B2N(c3ccc(-c4cncnc4)cc3)c3ccc(-c4ccccc4)cc3N2c2ccccc2)cc1.c1ccc(B2N(c3ccccc3)c3c(c4ccccc4c4ccccc34)N2c2ccc(-c3cncnc3)cc2)cc1. The zero-order valence-electron chi connectivity index (χ0n) is 69.5. The van der Waals surface area contributed by atoms with Gasteiger partial charge in [0, 0.05) is 105 Å². The molecule has 0 saturated carbocycles. The van der Waals surface area contributed by atoms with Crippen molar-refractivity contribution in [2.45, 2.75) is 12.1 Å². The molecule has 12 nitrogen and oxygen atoms in total. The molecule has 0 spiro atoms. The summed E-state index contributed by atoms with van der Waals surface area (Å²) in [6, 6.07) is 156. The number of rotatable bonds is 16. The number of para-hydroxylation sites is 2. The van der Waals surface area contributed by atoms with Crippen molar-refractivity contribution in [1.82, 2.24) is 29.9 Å². The zero-order valence-corrected chi connectivity index (χ0v) is 69.5. The fraction of sp³-hybridized carbons (Fsp3) is 0.0179. The largest absolute Gasteiger partial charge is 0.420 e. The van der Waals surface area contributed by atoms with Gasteiger partial charge in [-0.25, -0.2) is 19.9 Å². The average molecular weight is 1630 g/mol. The Labute approximate surface area is 741 Å². The highest BCUT2D eigenvalue weighted by Gasteiger charge is 2.53. The van der Waals surface area contributed by atoms with E-state index in [4.69, 9.17) is 0 Å². The van der Waals surface area contributed by atoms with Gasteiger partial charge in [0.05, 0.1) is 40.5 Å². The number of pyridine rings is 2. The summed E-state index contributed by atoms with van der Waals surface area (Å²) >= 11 is 0. The molecule has 0 N–H and O–H groups in total. The number of benzene rings is 16. The molecule has 16 aromatic carbocycles. The smallest absolute Gasteiger partial charge is 0.383 e. The lowest BCUT2D eigenvalue weighted by molar-refractivity contribution is 0.618. The van der Waals surface area contributed by atoms with Crippen molar-refractivity contribution in [3.63, 3.8) is 0 Å². The summed E-state index contributed by atoms with van der Waals surface area (Å²) in [5, 5.41) is 5.00. The molecule has 2 atom stereocenters. The van der Waals surface area contributed by atoms with Gasteiger partial charge in [0.2, 0.25) is 0 Å². The van der Waals surface area contributed by atoms with Crippen molar-refractivity contribution in [2.24, 2.45) is 0 Å². The number of nitrogens with zero attached hydrogens (tertiary/aromatic N) is 12. The van der Waals surface area contributed by atoms with Crippen LogP contribution in [0.1, 0.15) is 23.2 Å². The van der Waals surface area contributed by atoms with Gasteiger partial charge in [-0.1, -0.05) is 334 Å².